The Morgan fingerprint density at radius 2 is 2.12 bits per heavy atom. The summed E-state index contributed by atoms with van der Waals surface area (Å²) >= 11 is 0. The van der Waals surface area contributed by atoms with Gasteiger partial charge in [-0.05, 0) is 42.7 Å². The van der Waals surface area contributed by atoms with Crippen LogP contribution in [0.2, 0.25) is 0 Å². The molecule has 3 aromatic rings. The largest absolute Gasteiger partial charge is 0.503 e. The number of hydrogen-bond donors (Lipinski definition) is 1. The van der Waals surface area contributed by atoms with E-state index in [9.17, 15) is 14.7 Å². The number of carbonyl (C=O) groups excluding carboxylic acids is 2. The van der Waals surface area contributed by atoms with Crippen LogP contribution in [0, 0.1) is 0 Å². The molecule has 1 aliphatic rings. The molecular weight excluding hydrogens is 410 g/mol. The van der Waals surface area contributed by atoms with E-state index in [-0.39, 0.29) is 11.3 Å². The lowest BCUT2D eigenvalue weighted by Crippen LogP contribution is -2.32. The zero-order valence-electron chi connectivity index (χ0n) is 17.8. The van der Waals surface area contributed by atoms with E-state index in [0.717, 1.165) is 6.42 Å². The maximum atomic E-state index is 13.2. The second kappa shape index (κ2) is 9.55. The summed E-state index contributed by atoms with van der Waals surface area (Å²) in [4.78, 5) is 31.7. The predicted octanol–water partition coefficient (Wildman–Crippen LogP) is 3.93. The van der Waals surface area contributed by atoms with E-state index >= 15 is 0 Å². The monoisotopic (exact) mass is 435 g/mol. The third-order valence-electron chi connectivity index (χ3n) is 5.31. The highest BCUT2D eigenvalue weighted by Crippen LogP contribution is 2.40. The summed E-state index contributed by atoms with van der Waals surface area (Å²) < 4.78 is 12.9. The fourth-order valence-electron chi connectivity index (χ4n) is 3.84. The van der Waals surface area contributed by atoms with Crippen LogP contribution in [0.4, 0.5) is 0 Å². The van der Waals surface area contributed by atoms with E-state index in [0.29, 0.717) is 37.4 Å². The Morgan fingerprint density at radius 1 is 1.25 bits per heavy atom. The number of ketones is 1. The first-order chi connectivity index (χ1) is 15.6. The minimum absolute atomic E-state index is 0.0141. The molecule has 166 valence electrons. The van der Waals surface area contributed by atoms with Crippen LogP contribution in [-0.4, -0.2) is 44.4 Å². The van der Waals surface area contributed by atoms with Crippen LogP contribution in [0.1, 0.15) is 41.9 Å². The number of furan rings is 1. The number of ether oxygens (including phenoxy) is 1. The summed E-state index contributed by atoms with van der Waals surface area (Å²) in [5.74, 6) is -0.911. The Kier molecular flexibility index (Phi) is 6.39. The Bertz CT molecular complexity index is 1100. The number of Topliss-reactive ketones (excluding diaryl/α,β-unsaturated/α-hetero) is 1. The Morgan fingerprint density at radius 3 is 2.84 bits per heavy atom. The van der Waals surface area contributed by atoms with Gasteiger partial charge in [-0.1, -0.05) is 19.1 Å². The van der Waals surface area contributed by atoms with Crippen molar-refractivity contribution in [3.05, 3.63) is 84.0 Å². The molecule has 0 saturated carbocycles. The number of aryl methyl sites for hydroxylation is 1. The second-order valence-corrected chi connectivity index (χ2v) is 7.54. The molecule has 2 aromatic heterocycles. The molecule has 1 aromatic carbocycles. The minimum Gasteiger partial charge on any atom is -0.503 e. The molecule has 1 N–H and O–H groups in total. The lowest BCUT2D eigenvalue weighted by molar-refractivity contribution is -0.129. The van der Waals surface area contributed by atoms with Crippen molar-refractivity contribution < 1.29 is 23.8 Å². The summed E-state index contributed by atoms with van der Waals surface area (Å²) in [6.07, 6.45) is 8.12. The van der Waals surface area contributed by atoms with Crippen LogP contribution in [0.15, 0.2) is 77.1 Å². The predicted molar refractivity (Wildman–Crippen MR) is 116 cm³/mol. The van der Waals surface area contributed by atoms with Crippen molar-refractivity contribution in [1.29, 1.82) is 0 Å². The van der Waals surface area contributed by atoms with Gasteiger partial charge in [0.05, 0.1) is 30.8 Å². The standard InChI is InChI=1S/C24H25N3O5/c1-2-13-31-18-7-3-6-17(15-18)21-20(22(28)19-8-4-14-32-19)23(29)24(30)27(21)11-5-10-26-12-9-25-16-26/h3-4,6-9,12,14-16,21,29H,2,5,10-11,13H2,1H3/t21-/m0/s1. The number of benzene rings is 1. The average molecular weight is 435 g/mol. The van der Waals surface area contributed by atoms with Crippen molar-refractivity contribution in [3.63, 3.8) is 0 Å². The average Bonchev–Trinajstić information content (AvgIpc) is 3.56. The van der Waals surface area contributed by atoms with Gasteiger partial charge in [0.15, 0.2) is 11.5 Å². The van der Waals surface area contributed by atoms with E-state index < -0.39 is 23.5 Å². The van der Waals surface area contributed by atoms with Crippen molar-refractivity contribution in [3.8, 4) is 5.75 Å². The van der Waals surface area contributed by atoms with Gasteiger partial charge in [-0.3, -0.25) is 9.59 Å². The fourth-order valence-corrected chi connectivity index (χ4v) is 3.84. The van der Waals surface area contributed by atoms with E-state index in [1.54, 1.807) is 18.6 Å². The van der Waals surface area contributed by atoms with E-state index in [1.807, 2.05) is 42.0 Å². The van der Waals surface area contributed by atoms with Crippen LogP contribution >= 0.6 is 0 Å². The Balaban J connectivity index is 1.66. The van der Waals surface area contributed by atoms with Gasteiger partial charge in [-0.25, -0.2) is 4.98 Å². The third kappa shape index (κ3) is 4.30. The topological polar surface area (TPSA) is 97.8 Å². The van der Waals surface area contributed by atoms with Gasteiger partial charge in [-0.2, -0.15) is 0 Å². The van der Waals surface area contributed by atoms with Gasteiger partial charge >= 0.3 is 0 Å². The molecular formula is C24H25N3O5. The first-order valence-electron chi connectivity index (χ1n) is 10.6. The van der Waals surface area contributed by atoms with E-state index in [4.69, 9.17) is 9.15 Å². The zero-order chi connectivity index (χ0) is 22.5. The number of amides is 1. The number of imidazole rings is 1. The van der Waals surface area contributed by atoms with Crippen molar-refractivity contribution in [2.45, 2.75) is 32.4 Å². The molecule has 0 radical (unpaired) electrons. The van der Waals surface area contributed by atoms with Gasteiger partial charge in [0, 0.05) is 25.5 Å². The molecule has 0 saturated heterocycles. The summed E-state index contributed by atoms with van der Waals surface area (Å²) in [5.41, 5.74) is 0.703. The fraction of sp³-hybridized carbons (Fsp3) is 0.292. The molecule has 0 bridgehead atoms. The highest BCUT2D eigenvalue weighted by Gasteiger charge is 2.44. The van der Waals surface area contributed by atoms with Crippen LogP contribution in [0.25, 0.3) is 0 Å². The molecule has 8 nitrogen and oxygen atoms in total. The molecule has 0 unspecified atom stereocenters. The number of nitrogens with zero attached hydrogens (tertiary/aromatic N) is 3. The molecule has 1 aliphatic heterocycles. The molecule has 1 amide bonds. The quantitative estimate of drug-likeness (QED) is 0.485. The van der Waals surface area contributed by atoms with Crippen molar-refractivity contribution in [1.82, 2.24) is 14.5 Å². The van der Waals surface area contributed by atoms with Gasteiger partial charge in [0.25, 0.3) is 5.91 Å². The lowest BCUT2D eigenvalue weighted by Gasteiger charge is -2.27. The summed E-state index contributed by atoms with van der Waals surface area (Å²) in [6.45, 7) is 3.57. The molecule has 8 heteroatoms. The first-order valence-corrected chi connectivity index (χ1v) is 10.6. The molecule has 0 fully saturated rings. The lowest BCUT2D eigenvalue weighted by atomic mass is 9.95. The maximum Gasteiger partial charge on any atom is 0.290 e. The number of carbonyl (C=O) groups is 2. The number of aliphatic hydroxyl groups is 1. The van der Waals surface area contributed by atoms with Gasteiger partial charge in [-0.15, -0.1) is 0 Å². The maximum absolute atomic E-state index is 13.2. The summed E-state index contributed by atoms with van der Waals surface area (Å²) in [7, 11) is 0. The van der Waals surface area contributed by atoms with Crippen LogP contribution < -0.4 is 4.74 Å². The Labute approximate surface area is 185 Å². The van der Waals surface area contributed by atoms with Crippen molar-refractivity contribution >= 4 is 11.7 Å². The van der Waals surface area contributed by atoms with E-state index in [2.05, 4.69) is 4.98 Å². The third-order valence-corrected chi connectivity index (χ3v) is 5.31. The van der Waals surface area contributed by atoms with Gasteiger partial charge in [0.2, 0.25) is 5.78 Å². The highest BCUT2D eigenvalue weighted by molar-refractivity contribution is 6.15. The van der Waals surface area contributed by atoms with Crippen molar-refractivity contribution in [2.75, 3.05) is 13.2 Å². The van der Waals surface area contributed by atoms with Crippen LogP contribution in [0.3, 0.4) is 0 Å². The van der Waals surface area contributed by atoms with Crippen LogP contribution in [0.5, 0.6) is 5.75 Å². The molecule has 32 heavy (non-hydrogen) atoms. The second-order valence-electron chi connectivity index (χ2n) is 7.54. The molecule has 0 aliphatic carbocycles. The van der Waals surface area contributed by atoms with E-state index in [1.165, 1.54) is 17.2 Å². The zero-order valence-corrected chi connectivity index (χ0v) is 17.8. The van der Waals surface area contributed by atoms with Crippen molar-refractivity contribution in [2.24, 2.45) is 0 Å². The number of aliphatic hydroxyl groups excluding tert-OH is 1. The van der Waals surface area contributed by atoms with Gasteiger partial charge in [0.1, 0.15) is 5.75 Å². The normalized spacial score (nSPS) is 16.1. The van der Waals surface area contributed by atoms with Crippen LogP contribution in [-0.2, 0) is 11.3 Å². The number of aromatic nitrogens is 2. The smallest absolute Gasteiger partial charge is 0.290 e. The summed E-state index contributed by atoms with van der Waals surface area (Å²) in [5, 5.41) is 10.7. The first kappa shape index (κ1) is 21.4. The summed E-state index contributed by atoms with van der Waals surface area (Å²) in [6, 6.07) is 9.66. The molecule has 0 spiro atoms. The highest BCUT2D eigenvalue weighted by atomic mass is 16.5. The molecule has 3 heterocycles. The number of hydrogen-bond acceptors (Lipinski definition) is 6. The van der Waals surface area contributed by atoms with Gasteiger partial charge < -0.3 is 23.7 Å². The molecule has 4 rings (SSSR count). The number of rotatable bonds is 10. The Hall–Kier alpha value is -3.81. The SMILES string of the molecule is CCCOc1cccc([C@H]2C(C(=O)c3ccco3)=C(O)C(=O)N2CCCn2ccnc2)c1. The molecule has 1 atom stereocenters. The minimum atomic E-state index is -0.743.